The number of carbonyl (C=O) groups is 1. The monoisotopic (exact) mass is 309 g/mol. The quantitative estimate of drug-likeness (QED) is 0.288. The average molecular weight is 309 g/mol. The third-order valence-electron chi connectivity index (χ3n) is 2.41. The SMILES string of the molecule is CCOC(=O)CCSC(=S)C(=C=N)[n+]1ccc(C)cc1. The van der Waals surface area contributed by atoms with Crippen molar-refractivity contribution in [1.29, 1.82) is 5.41 Å². The Kier molecular flexibility index (Phi) is 7.15. The van der Waals surface area contributed by atoms with Gasteiger partial charge in [-0.25, -0.2) is 0 Å². The molecule has 20 heavy (non-hydrogen) atoms. The van der Waals surface area contributed by atoms with E-state index in [4.69, 9.17) is 22.4 Å². The summed E-state index contributed by atoms with van der Waals surface area (Å²) < 4.78 is 7.14. The second-order valence-electron chi connectivity index (χ2n) is 3.95. The number of ether oxygens (including phenoxy) is 1. The molecule has 0 aliphatic heterocycles. The van der Waals surface area contributed by atoms with Crippen LogP contribution in [0.1, 0.15) is 18.9 Å². The van der Waals surface area contributed by atoms with Crippen LogP contribution < -0.4 is 4.57 Å². The maximum Gasteiger partial charge on any atom is 0.306 e. The number of aromatic nitrogens is 1. The largest absolute Gasteiger partial charge is 0.466 e. The van der Waals surface area contributed by atoms with Crippen molar-refractivity contribution in [2.45, 2.75) is 20.3 Å². The van der Waals surface area contributed by atoms with Crippen LogP contribution in [0.5, 0.6) is 0 Å². The topological polar surface area (TPSA) is 54.0 Å². The Morgan fingerprint density at radius 3 is 2.70 bits per heavy atom. The van der Waals surface area contributed by atoms with Gasteiger partial charge in [-0.05, 0) is 19.4 Å². The van der Waals surface area contributed by atoms with Crippen LogP contribution in [0.15, 0.2) is 24.5 Å². The van der Waals surface area contributed by atoms with Crippen LogP contribution in [0.3, 0.4) is 0 Å². The van der Waals surface area contributed by atoms with Crippen molar-refractivity contribution in [3.05, 3.63) is 30.1 Å². The summed E-state index contributed by atoms with van der Waals surface area (Å²) >= 11 is 6.63. The minimum absolute atomic E-state index is 0.230. The Morgan fingerprint density at radius 2 is 2.15 bits per heavy atom. The number of aryl methyl sites for hydroxylation is 1. The molecule has 0 amide bonds. The Balaban J connectivity index is 2.59. The van der Waals surface area contributed by atoms with Crippen LogP contribution in [0.4, 0.5) is 0 Å². The molecule has 1 N–H and O–H groups in total. The average Bonchev–Trinajstić information content (AvgIpc) is 2.42. The van der Waals surface area contributed by atoms with E-state index in [-0.39, 0.29) is 5.97 Å². The van der Waals surface area contributed by atoms with Gasteiger partial charge in [0.15, 0.2) is 16.6 Å². The number of nitrogens with zero attached hydrogens (tertiary/aromatic N) is 1. The third-order valence-corrected chi connectivity index (χ3v) is 3.82. The first-order chi connectivity index (χ1) is 9.58. The van der Waals surface area contributed by atoms with Gasteiger partial charge in [0.25, 0.3) is 5.70 Å². The second kappa shape index (κ2) is 8.64. The van der Waals surface area contributed by atoms with E-state index in [1.807, 2.05) is 31.5 Å². The van der Waals surface area contributed by atoms with Gasteiger partial charge in [0.2, 0.25) is 0 Å². The van der Waals surface area contributed by atoms with Crippen LogP contribution in [-0.2, 0) is 9.53 Å². The highest BCUT2D eigenvalue weighted by Crippen LogP contribution is 2.13. The molecule has 0 unspecified atom stereocenters. The molecular formula is C14H17N2O2S2+. The van der Waals surface area contributed by atoms with E-state index in [1.165, 1.54) is 11.8 Å². The van der Waals surface area contributed by atoms with Crippen molar-refractivity contribution in [1.82, 2.24) is 0 Å². The molecular weight excluding hydrogens is 292 g/mol. The standard InChI is InChI=1S/C14H17N2O2S2/c1-3-18-13(17)6-9-20-14(19)12(10-15)16-7-4-11(2)5-8-16/h4-5,7-8,15H,3,6,9H2,1-2H3/q+1. The molecule has 0 spiro atoms. The zero-order valence-corrected chi connectivity index (χ0v) is 13.1. The molecule has 1 heterocycles. The van der Waals surface area contributed by atoms with Crippen molar-refractivity contribution < 1.29 is 14.1 Å². The van der Waals surface area contributed by atoms with Gasteiger partial charge < -0.3 is 4.74 Å². The predicted molar refractivity (Wildman–Crippen MR) is 85.1 cm³/mol. The number of rotatable bonds is 6. The van der Waals surface area contributed by atoms with Crippen molar-refractivity contribution in [3.63, 3.8) is 0 Å². The molecule has 1 rings (SSSR count). The Morgan fingerprint density at radius 1 is 1.50 bits per heavy atom. The normalized spacial score (nSPS) is 9.70. The number of thioether (sulfide) groups is 1. The number of thiocarbonyl (C=S) groups is 1. The molecule has 4 nitrogen and oxygen atoms in total. The van der Waals surface area contributed by atoms with Gasteiger partial charge in [0.1, 0.15) is 0 Å². The summed E-state index contributed by atoms with van der Waals surface area (Å²) in [6, 6.07) is 3.87. The van der Waals surface area contributed by atoms with E-state index >= 15 is 0 Å². The lowest BCUT2D eigenvalue weighted by molar-refractivity contribution is -0.574. The minimum atomic E-state index is -0.230. The zero-order valence-electron chi connectivity index (χ0n) is 11.5. The van der Waals surface area contributed by atoms with Crippen molar-refractivity contribution in [2.75, 3.05) is 12.4 Å². The fourth-order valence-corrected chi connectivity index (χ4v) is 2.55. The molecule has 0 atom stereocenters. The van der Waals surface area contributed by atoms with Crippen molar-refractivity contribution in [2.24, 2.45) is 0 Å². The highest BCUT2D eigenvalue weighted by Gasteiger charge is 2.17. The molecule has 0 saturated heterocycles. The molecule has 0 aromatic carbocycles. The van der Waals surface area contributed by atoms with Gasteiger partial charge in [-0.3, -0.25) is 10.2 Å². The van der Waals surface area contributed by atoms with Crippen LogP contribution in [0.25, 0.3) is 5.70 Å². The van der Waals surface area contributed by atoms with Gasteiger partial charge in [0, 0.05) is 17.9 Å². The van der Waals surface area contributed by atoms with Gasteiger partial charge in [-0.1, -0.05) is 12.2 Å². The van der Waals surface area contributed by atoms with Crippen LogP contribution in [-0.4, -0.2) is 28.4 Å². The maximum absolute atomic E-state index is 11.2. The Bertz CT molecular complexity index is 535. The fourth-order valence-electron chi connectivity index (χ4n) is 1.40. The summed E-state index contributed by atoms with van der Waals surface area (Å²) in [5.41, 5.74) is 1.64. The van der Waals surface area contributed by atoms with E-state index in [2.05, 4.69) is 5.87 Å². The first kappa shape index (κ1) is 16.6. The smallest absolute Gasteiger partial charge is 0.306 e. The van der Waals surface area contributed by atoms with Crippen molar-refractivity contribution >= 4 is 45.7 Å². The van der Waals surface area contributed by atoms with Crippen LogP contribution in [0.2, 0.25) is 0 Å². The maximum atomic E-state index is 11.2. The summed E-state index contributed by atoms with van der Waals surface area (Å²) in [6.07, 6.45) is 3.98. The molecule has 0 saturated carbocycles. The lowest BCUT2D eigenvalue weighted by atomic mass is 10.3. The first-order valence-electron chi connectivity index (χ1n) is 6.19. The number of pyridine rings is 1. The Labute approximate surface area is 128 Å². The van der Waals surface area contributed by atoms with Gasteiger partial charge in [-0.15, -0.1) is 11.8 Å². The Hall–Kier alpha value is -1.49. The molecule has 0 aliphatic rings. The highest BCUT2D eigenvalue weighted by molar-refractivity contribution is 8.24. The summed E-state index contributed by atoms with van der Waals surface area (Å²) in [6.45, 7) is 4.16. The molecule has 1 aromatic rings. The molecule has 0 fully saturated rings. The predicted octanol–water partition coefficient (Wildman–Crippen LogP) is 2.39. The summed E-state index contributed by atoms with van der Waals surface area (Å²) in [7, 11) is 0. The lowest BCUT2D eigenvalue weighted by Gasteiger charge is -2.02. The number of carbonyl (C=O) groups excluding carboxylic acids is 1. The van der Waals surface area contributed by atoms with E-state index in [1.54, 1.807) is 11.5 Å². The van der Waals surface area contributed by atoms with Crippen LogP contribution >= 0.6 is 24.0 Å². The fraction of sp³-hybridized carbons (Fsp3) is 0.357. The van der Waals surface area contributed by atoms with E-state index in [9.17, 15) is 4.79 Å². The van der Waals surface area contributed by atoms with Gasteiger partial charge in [0.05, 0.1) is 18.9 Å². The molecule has 0 radical (unpaired) electrons. The molecule has 106 valence electrons. The summed E-state index contributed by atoms with van der Waals surface area (Å²) in [4.78, 5) is 11.2. The summed E-state index contributed by atoms with van der Waals surface area (Å²) in [5, 5.41) is 7.37. The van der Waals surface area contributed by atoms with Gasteiger partial charge >= 0.3 is 5.97 Å². The first-order valence-corrected chi connectivity index (χ1v) is 7.58. The zero-order chi connectivity index (χ0) is 15.0. The van der Waals surface area contributed by atoms with Gasteiger partial charge in [-0.2, -0.15) is 4.57 Å². The number of hydrogen-bond acceptors (Lipinski definition) is 5. The number of nitrogens with one attached hydrogen (secondary N) is 1. The highest BCUT2D eigenvalue weighted by atomic mass is 32.2. The van der Waals surface area contributed by atoms with E-state index < -0.39 is 0 Å². The lowest BCUT2D eigenvalue weighted by Crippen LogP contribution is -2.34. The number of esters is 1. The minimum Gasteiger partial charge on any atom is -0.466 e. The second-order valence-corrected chi connectivity index (χ2v) is 5.72. The molecule has 0 bridgehead atoms. The van der Waals surface area contributed by atoms with Crippen LogP contribution in [0, 0.1) is 12.3 Å². The van der Waals surface area contributed by atoms with E-state index in [0.29, 0.717) is 28.7 Å². The number of hydrogen-bond donors (Lipinski definition) is 1. The molecule has 6 heteroatoms. The molecule has 0 aliphatic carbocycles. The summed E-state index contributed by atoms with van der Waals surface area (Å²) in [5.74, 6) is 2.66. The third kappa shape index (κ3) is 5.25. The molecule has 1 aromatic heterocycles. The van der Waals surface area contributed by atoms with E-state index in [0.717, 1.165) is 5.56 Å². The van der Waals surface area contributed by atoms with Crippen molar-refractivity contribution in [3.8, 4) is 0 Å².